The Kier molecular flexibility index (Phi) is 7.84. The molecule has 162 valence electrons. The maximum Gasteiger partial charge on any atom is 0.243 e. The minimum absolute atomic E-state index is 0.108. The van der Waals surface area contributed by atoms with E-state index in [-0.39, 0.29) is 10.8 Å². The highest BCUT2D eigenvalue weighted by Crippen LogP contribution is 2.32. The van der Waals surface area contributed by atoms with Crippen LogP contribution < -0.4 is 10.2 Å². The van der Waals surface area contributed by atoms with E-state index in [1.165, 1.54) is 10.7 Å². The molecule has 3 rings (SSSR count). The lowest BCUT2D eigenvalue weighted by Gasteiger charge is -2.31. The molecule has 2 fully saturated rings. The number of morpholine rings is 1. The van der Waals surface area contributed by atoms with E-state index in [0.29, 0.717) is 43.0 Å². The Hall–Kier alpha value is -1.29. The number of nitrogens with one attached hydrogen (secondary N) is 1. The number of anilines is 2. The minimum atomic E-state index is -3.62. The fourth-order valence-electron chi connectivity index (χ4n) is 3.55. The van der Waals surface area contributed by atoms with Crippen LogP contribution in [0.3, 0.4) is 0 Å². The van der Waals surface area contributed by atoms with Crippen molar-refractivity contribution in [2.45, 2.75) is 43.3 Å². The van der Waals surface area contributed by atoms with Gasteiger partial charge in [-0.2, -0.15) is 4.31 Å². The number of carbonyl (C=O) groups is 1. The number of amides is 1. The smallest absolute Gasteiger partial charge is 0.243 e. The zero-order chi connectivity index (χ0) is 20.9. The summed E-state index contributed by atoms with van der Waals surface area (Å²) in [6, 6.07) is 5.11. The molecule has 7 nitrogen and oxygen atoms in total. The van der Waals surface area contributed by atoms with Crippen molar-refractivity contribution in [1.82, 2.24) is 4.31 Å². The molecule has 1 N–H and O–H groups in total. The highest BCUT2D eigenvalue weighted by atomic mass is 32.2. The molecule has 0 aromatic heterocycles. The molecule has 0 bridgehead atoms. The average molecular weight is 442 g/mol. The van der Waals surface area contributed by atoms with Gasteiger partial charge in [0.25, 0.3) is 0 Å². The Morgan fingerprint density at radius 2 is 1.83 bits per heavy atom. The molecule has 29 heavy (non-hydrogen) atoms. The molecule has 2 saturated heterocycles. The largest absolute Gasteiger partial charge is 0.379 e. The van der Waals surface area contributed by atoms with Crippen LogP contribution in [0.2, 0.25) is 0 Å². The van der Waals surface area contributed by atoms with Gasteiger partial charge in [-0.3, -0.25) is 4.79 Å². The summed E-state index contributed by atoms with van der Waals surface area (Å²) in [4.78, 5) is 14.9. The summed E-state index contributed by atoms with van der Waals surface area (Å²) >= 11 is 1.57. The second-order valence-corrected chi connectivity index (χ2v) is 11.2. The lowest BCUT2D eigenvalue weighted by Crippen LogP contribution is -2.40. The van der Waals surface area contributed by atoms with E-state index in [0.717, 1.165) is 31.6 Å². The monoisotopic (exact) mass is 441 g/mol. The van der Waals surface area contributed by atoms with Crippen LogP contribution in [0, 0.1) is 0 Å². The molecule has 0 spiro atoms. The summed E-state index contributed by atoms with van der Waals surface area (Å²) in [5.41, 5.74) is 1.48. The van der Waals surface area contributed by atoms with E-state index in [9.17, 15) is 13.2 Å². The summed E-state index contributed by atoms with van der Waals surface area (Å²) in [5.74, 6) is 0.236. The van der Waals surface area contributed by atoms with Gasteiger partial charge in [-0.25, -0.2) is 8.42 Å². The van der Waals surface area contributed by atoms with Crippen molar-refractivity contribution < 1.29 is 17.9 Å². The summed E-state index contributed by atoms with van der Waals surface area (Å²) < 4.78 is 32.9. The predicted molar refractivity (Wildman–Crippen MR) is 118 cm³/mol. The minimum Gasteiger partial charge on any atom is -0.379 e. The van der Waals surface area contributed by atoms with Crippen LogP contribution in [-0.2, 0) is 19.6 Å². The van der Waals surface area contributed by atoms with E-state index < -0.39 is 10.0 Å². The van der Waals surface area contributed by atoms with E-state index in [1.807, 2.05) is 19.9 Å². The second-order valence-electron chi connectivity index (χ2n) is 7.65. The Morgan fingerprint density at radius 1 is 1.14 bits per heavy atom. The van der Waals surface area contributed by atoms with Crippen molar-refractivity contribution in [3.05, 3.63) is 18.2 Å². The van der Waals surface area contributed by atoms with Gasteiger partial charge < -0.3 is 15.0 Å². The molecule has 9 heteroatoms. The number of hydrogen-bond acceptors (Lipinski definition) is 6. The Bertz CT molecular complexity index is 802. The van der Waals surface area contributed by atoms with Crippen molar-refractivity contribution in [3.63, 3.8) is 0 Å². The number of hydrogen-bond donors (Lipinski definition) is 1. The van der Waals surface area contributed by atoms with Gasteiger partial charge in [0.15, 0.2) is 0 Å². The number of rotatable bonds is 7. The van der Waals surface area contributed by atoms with Crippen LogP contribution in [0.25, 0.3) is 0 Å². The van der Waals surface area contributed by atoms with Crippen LogP contribution in [0.1, 0.15) is 33.1 Å². The molecule has 1 aromatic rings. The molecule has 1 amide bonds. The summed E-state index contributed by atoms with van der Waals surface area (Å²) in [6.07, 6.45) is 3.40. The molecule has 0 atom stereocenters. The molecule has 0 radical (unpaired) electrons. The Balaban J connectivity index is 1.88. The van der Waals surface area contributed by atoms with Crippen molar-refractivity contribution in [2.24, 2.45) is 0 Å². The number of thioether (sulfide) groups is 1. The second kappa shape index (κ2) is 10.1. The van der Waals surface area contributed by atoms with Crippen LogP contribution in [0.4, 0.5) is 11.4 Å². The third-order valence-corrected chi connectivity index (χ3v) is 8.08. The SMILES string of the molecule is CC(C)SCC(=O)Nc1cc(S(=O)(=O)N2CCOCC2)ccc1N1CCCCC1. The third kappa shape index (κ3) is 5.87. The summed E-state index contributed by atoms with van der Waals surface area (Å²) in [6.45, 7) is 7.44. The molecule has 2 heterocycles. The zero-order valence-electron chi connectivity index (χ0n) is 17.2. The fourth-order valence-corrected chi connectivity index (χ4v) is 5.54. The van der Waals surface area contributed by atoms with Gasteiger partial charge >= 0.3 is 0 Å². The lowest BCUT2D eigenvalue weighted by molar-refractivity contribution is -0.113. The van der Waals surface area contributed by atoms with Crippen LogP contribution in [-0.4, -0.2) is 69.0 Å². The van der Waals surface area contributed by atoms with Gasteiger partial charge in [0.2, 0.25) is 15.9 Å². The molecule has 0 saturated carbocycles. The Morgan fingerprint density at radius 3 is 2.48 bits per heavy atom. The maximum atomic E-state index is 13.1. The van der Waals surface area contributed by atoms with Gasteiger partial charge in [-0.1, -0.05) is 13.8 Å². The standard InChI is InChI=1S/C20H31N3O4S2/c1-16(2)28-15-20(24)21-18-14-17(29(25,26)23-10-12-27-13-11-23)6-7-19(18)22-8-4-3-5-9-22/h6-7,14,16H,3-5,8-13,15H2,1-2H3,(H,21,24). The first-order valence-corrected chi connectivity index (χ1v) is 12.7. The first-order chi connectivity index (χ1) is 13.9. The van der Waals surface area contributed by atoms with Crippen molar-refractivity contribution in [3.8, 4) is 0 Å². The number of benzene rings is 1. The normalized spacial score (nSPS) is 18.8. The highest BCUT2D eigenvalue weighted by Gasteiger charge is 2.28. The van der Waals surface area contributed by atoms with Gasteiger partial charge in [0.1, 0.15) is 0 Å². The first kappa shape index (κ1) is 22.4. The topological polar surface area (TPSA) is 79.0 Å². The molecule has 0 unspecified atom stereocenters. The first-order valence-electron chi connectivity index (χ1n) is 10.3. The fraction of sp³-hybridized carbons (Fsp3) is 0.650. The maximum absolute atomic E-state index is 13.1. The number of ether oxygens (including phenoxy) is 1. The third-order valence-electron chi connectivity index (χ3n) is 5.09. The number of sulfonamides is 1. The molecule has 0 aliphatic carbocycles. The van der Waals surface area contributed by atoms with Gasteiger partial charge in [0.05, 0.1) is 35.2 Å². The molecule has 2 aliphatic heterocycles. The van der Waals surface area contributed by atoms with Crippen LogP contribution >= 0.6 is 11.8 Å². The van der Waals surface area contributed by atoms with Crippen LogP contribution in [0.5, 0.6) is 0 Å². The molecule has 1 aromatic carbocycles. The quantitative estimate of drug-likeness (QED) is 0.701. The lowest BCUT2D eigenvalue weighted by atomic mass is 10.1. The van der Waals surface area contributed by atoms with Gasteiger partial charge in [0, 0.05) is 26.2 Å². The van der Waals surface area contributed by atoms with Crippen molar-refractivity contribution in [2.75, 3.05) is 55.4 Å². The van der Waals surface area contributed by atoms with Crippen molar-refractivity contribution >= 4 is 39.1 Å². The van der Waals surface area contributed by atoms with Gasteiger partial charge in [-0.15, -0.1) is 11.8 Å². The Labute approximate surface area is 178 Å². The predicted octanol–water partition coefficient (Wildman–Crippen LogP) is 2.78. The number of piperidine rings is 1. The number of nitrogens with zero attached hydrogens (tertiary/aromatic N) is 2. The summed E-state index contributed by atoms with van der Waals surface area (Å²) in [7, 11) is -3.62. The molecular weight excluding hydrogens is 410 g/mol. The van der Waals surface area contributed by atoms with Crippen molar-refractivity contribution in [1.29, 1.82) is 0 Å². The highest BCUT2D eigenvalue weighted by molar-refractivity contribution is 8.00. The van der Waals surface area contributed by atoms with E-state index in [1.54, 1.807) is 23.9 Å². The molecular formula is C20H31N3O4S2. The van der Waals surface area contributed by atoms with E-state index in [2.05, 4.69) is 10.2 Å². The zero-order valence-corrected chi connectivity index (χ0v) is 18.9. The molecule has 2 aliphatic rings. The number of carbonyl (C=O) groups excluding carboxylic acids is 1. The van der Waals surface area contributed by atoms with Crippen LogP contribution in [0.15, 0.2) is 23.1 Å². The van der Waals surface area contributed by atoms with E-state index in [4.69, 9.17) is 4.74 Å². The van der Waals surface area contributed by atoms with E-state index >= 15 is 0 Å². The summed E-state index contributed by atoms with van der Waals surface area (Å²) in [5, 5.41) is 3.33. The van der Waals surface area contributed by atoms with Gasteiger partial charge in [-0.05, 0) is 42.7 Å². The average Bonchev–Trinajstić information content (AvgIpc) is 2.73.